The Bertz CT molecular complexity index is 684. The minimum Gasteiger partial charge on any atom is -0.356 e. The van der Waals surface area contributed by atoms with Gasteiger partial charge in [-0.2, -0.15) is 0 Å². The van der Waals surface area contributed by atoms with Crippen molar-refractivity contribution < 1.29 is 9.59 Å². The minimum absolute atomic E-state index is 0.248. The van der Waals surface area contributed by atoms with Crippen molar-refractivity contribution in [2.75, 3.05) is 18.9 Å². The highest BCUT2D eigenvalue weighted by Crippen LogP contribution is 2.66. The quantitative estimate of drug-likeness (QED) is 0.373. The Morgan fingerprint density at radius 3 is 2.58 bits per heavy atom. The van der Waals surface area contributed by atoms with Gasteiger partial charge in [-0.25, -0.2) is 0 Å². The van der Waals surface area contributed by atoms with Gasteiger partial charge in [-0.1, -0.05) is 36.2 Å². The van der Waals surface area contributed by atoms with E-state index in [1.165, 1.54) is 38.5 Å². The maximum atomic E-state index is 12.4. The number of amides is 2. The molecule has 1 N–H and O–H groups in total. The third-order valence-corrected chi connectivity index (χ3v) is 10.9. The van der Waals surface area contributed by atoms with Crippen LogP contribution in [-0.2, 0) is 9.59 Å². The summed E-state index contributed by atoms with van der Waals surface area (Å²) in [5.74, 6) is 3.61. The number of nitrogens with zero attached hydrogens (tertiary/aromatic N) is 1. The van der Waals surface area contributed by atoms with E-state index < -0.39 is 0 Å². The van der Waals surface area contributed by atoms with Gasteiger partial charge in [0.05, 0.1) is 0 Å². The SMILES string of the molecule is CN1C(=O)CC[C@]2(C)[C@H]3CC[C@]4(C)[C@@H](CNC(=O)CCCCCBr)CC[C@H]4[C@@H]3CC[C@@H]12. The van der Waals surface area contributed by atoms with E-state index >= 15 is 0 Å². The van der Waals surface area contributed by atoms with Crippen LogP contribution in [0.1, 0.15) is 90.9 Å². The summed E-state index contributed by atoms with van der Waals surface area (Å²) in [6, 6.07) is 0.445. The topological polar surface area (TPSA) is 49.4 Å². The van der Waals surface area contributed by atoms with Crippen LogP contribution in [0.4, 0.5) is 0 Å². The summed E-state index contributed by atoms with van der Waals surface area (Å²) < 4.78 is 0. The number of fused-ring (bicyclic) bond motifs is 5. The van der Waals surface area contributed by atoms with Crippen LogP contribution in [0.25, 0.3) is 0 Å². The highest BCUT2D eigenvalue weighted by atomic mass is 79.9. The molecular weight excluding hydrogens is 452 g/mol. The van der Waals surface area contributed by atoms with Gasteiger partial charge >= 0.3 is 0 Å². The van der Waals surface area contributed by atoms with Gasteiger partial charge in [0, 0.05) is 37.8 Å². The number of nitrogens with one attached hydrogen (secondary N) is 1. The molecule has 4 nitrogen and oxygen atoms in total. The van der Waals surface area contributed by atoms with Crippen LogP contribution in [0.15, 0.2) is 0 Å². The van der Waals surface area contributed by atoms with Gasteiger partial charge in [0.25, 0.3) is 0 Å². The van der Waals surface area contributed by atoms with Gasteiger partial charge in [-0.3, -0.25) is 9.59 Å². The number of hydrogen-bond donors (Lipinski definition) is 1. The van der Waals surface area contributed by atoms with Crippen molar-refractivity contribution >= 4 is 27.7 Å². The first-order chi connectivity index (χ1) is 14.8. The van der Waals surface area contributed by atoms with E-state index in [1.807, 2.05) is 7.05 Å². The van der Waals surface area contributed by atoms with Crippen molar-refractivity contribution in [3.63, 3.8) is 0 Å². The van der Waals surface area contributed by atoms with Gasteiger partial charge in [-0.05, 0) is 92.3 Å². The average Bonchev–Trinajstić information content (AvgIpc) is 3.09. The Kier molecular flexibility index (Phi) is 7.11. The molecule has 0 aromatic rings. The third-order valence-electron chi connectivity index (χ3n) is 10.3. The summed E-state index contributed by atoms with van der Waals surface area (Å²) in [6.45, 7) is 5.92. The summed E-state index contributed by atoms with van der Waals surface area (Å²) in [5, 5.41) is 4.33. The number of carbonyl (C=O) groups excluding carboxylic acids is 2. The van der Waals surface area contributed by atoms with Crippen molar-refractivity contribution in [1.82, 2.24) is 10.2 Å². The lowest BCUT2D eigenvalue weighted by Gasteiger charge is -2.61. The van der Waals surface area contributed by atoms with Gasteiger partial charge in [0.15, 0.2) is 0 Å². The molecule has 4 aliphatic rings. The largest absolute Gasteiger partial charge is 0.356 e. The Balaban J connectivity index is 1.38. The molecule has 4 rings (SSSR count). The number of piperidine rings is 1. The number of unbranched alkanes of at least 4 members (excludes halogenated alkanes) is 2. The van der Waals surface area contributed by atoms with Crippen LogP contribution < -0.4 is 5.32 Å². The molecule has 176 valence electrons. The average molecular weight is 496 g/mol. The standard InChI is InChI=1S/C26H43BrN2O2/c1-25-14-12-21-19(9-11-22-26(21,2)15-13-24(31)29(22)3)20(25)10-8-18(25)17-28-23(30)7-5-4-6-16-27/h18-22H,4-17H2,1-3H3,(H,28,30)/t18-,19+,20+,21+,22-,25-,26-/m1/s1. The smallest absolute Gasteiger partial charge is 0.222 e. The van der Waals surface area contributed by atoms with Crippen LogP contribution in [0, 0.1) is 34.5 Å². The maximum absolute atomic E-state index is 12.4. The summed E-state index contributed by atoms with van der Waals surface area (Å²) in [5.41, 5.74) is 0.679. The van der Waals surface area contributed by atoms with E-state index in [9.17, 15) is 9.59 Å². The first kappa shape index (κ1) is 23.6. The molecule has 3 aliphatic carbocycles. The summed E-state index contributed by atoms with van der Waals surface area (Å²) in [7, 11) is 2.05. The van der Waals surface area contributed by atoms with Crippen molar-refractivity contribution in [2.24, 2.45) is 34.5 Å². The van der Waals surface area contributed by atoms with Crippen molar-refractivity contribution in [1.29, 1.82) is 0 Å². The number of rotatable bonds is 7. The van der Waals surface area contributed by atoms with E-state index in [-0.39, 0.29) is 5.91 Å². The number of hydrogen-bond acceptors (Lipinski definition) is 2. The van der Waals surface area contributed by atoms with E-state index in [1.54, 1.807) is 0 Å². The molecule has 31 heavy (non-hydrogen) atoms. The lowest BCUT2D eigenvalue weighted by atomic mass is 9.47. The van der Waals surface area contributed by atoms with E-state index in [0.29, 0.717) is 35.1 Å². The fraction of sp³-hybridized carbons (Fsp3) is 0.923. The van der Waals surface area contributed by atoms with Crippen LogP contribution in [0.3, 0.4) is 0 Å². The predicted octanol–water partition coefficient (Wildman–Crippen LogP) is 5.54. The molecule has 0 unspecified atom stereocenters. The molecule has 0 bridgehead atoms. The van der Waals surface area contributed by atoms with Gasteiger partial charge < -0.3 is 10.2 Å². The molecular formula is C26H43BrN2O2. The van der Waals surface area contributed by atoms with Crippen molar-refractivity contribution in [3.05, 3.63) is 0 Å². The normalized spacial score (nSPS) is 42.0. The first-order valence-corrected chi connectivity index (χ1v) is 14.0. The number of alkyl halides is 1. The third kappa shape index (κ3) is 4.22. The second-order valence-electron chi connectivity index (χ2n) is 11.6. The molecule has 1 heterocycles. The fourth-order valence-electron chi connectivity index (χ4n) is 8.48. The molecule has 4 fully saturated rings. The molecule has 7 atom stereocenters. The maximum Gasteiger partial charge on any atom is 0.222 e. The highest BCUT2D eigenvalue weighted by Gasteiger charge is 2.60. The molecule has 0 aromatic carbocycles. The Hall–Kier alpha value is -0.580. The molecule has 5 heteroatoms. The molecule has 0 radical (unpaired) electrons. The Morgan fingerprint density at radius 1 is 1.03 bits per heavy atom. The minimum atomic E-state index is 0.248. The van der Waals surface area contributed by atoms with Crippen LogP contribution >= 0.6 is 15.9 Å². The van der Waals surface area contributed by atoms with E-state index in [4.69, 9.17) is 0 Å². The van der Waals surface area contributed by atoms with Crippen LogP contribution in [0.5, 0.6) is 0 Å². The molecule has 1 saturated heterocycles. The van der Waals surface area contributed by atoms with Crippen LogP contribution in [-0.4, -0.2) is 41.7 Å². The summed E-state index contributed by atoms with van der Waals surface area (Å²) in [6.07, 6.45) is 13.5. The number of halogens is 1. The molecule has 0 spiro atoms. The monoisotopic (exact) mass is 494 g/mol. The predicted molar refractivity (Wildman–Crippen MR) is 129 cm³/mol. The van der Waals surface area contributed by atoms with E-state index in [2.05, 4.69) is 40.0 Å². The summed E-state index contributed by atoms with van der Waals surface area (Å²) >= 11 is 3.46. The molecule has 1 aliphatic heterocycles. The molecule has 2 amide bonds. The second kappa shape index (κ2) is 9.35. The lowest BCUT2D eigenvalue weighted by molar-refractivity contribution is -0.158. The Labute approximate surface area is 197 Å². The van der Waals surface area contributed by atoms with Crippen molar-refractivity contribution in [3.8, 4) is 0 Å². The Morgan fingerprint density at radius 2 is 1.81 bits per heavy atom. The zero-order chi connectivity index (χ0) is 22.2. The number of carbonyl (C=O) groups is 2. The van der Waals surface area contributed by atoms with Gasteiger partial charge in [0.1, 0.15) is 0 Å². The van der Waals surface area contributed by atoms with Crippen LogP contribution in [0.2, 0.25) is 0 Å². The highest BCUT2D eigenvalue weighted by molar-refractivity contribution is 9.09. The van der Waals surface area contributed by atoms with Gasteiger partial charge in [-0.15, -0.1) is 0 Å². The molecule has 0 aromatic heterocycles. The second-order valence-corrected chi connectivity index (χ2v) is 12.4. The molecule has 3 saturated carbocycles. The zero-order valence-electron chi connectivity index (χ0n) is 19.9. The fourth-order valence-corrected chi connectivity index (χ4v) is 8.87. The lowest BCUT2D eigenvalue weighted by Crippen LogP contribution is -2.61. The summed E-state index contributed by atoms with van der Waals surface area (Å²) in [4.78, 5) is 26.8. The van der Waals surface area contributed by atoms with E-state index in [0.717, 1.165) is 61.7 Å². The first-order valence-electron chi connectivity index (χ1n) is 12.9. The van der Waals surface area contributed by atoms with Gasteiger partial charge in [0.2, 0.25) is 11.8 Å². The zero-order valence-corrected chi connectivity index (χ0v) is 21.5. The van der Waals surface area contributed by atoms with Crippen molar-refractivity contribution in [2.45, 2.75) is 96.9 Å². The number of likely N-dealkylation sites (tertiary alicyclic amines) is 1.